The monoisotopic (exact) mass is 441 g/mol. The van der Waals surface area contributed by atoms with Crippen molar-refractivity contribution < 1.29 is 14.3 Å². The first-order valence-electron chi connectivity index (χ1n) is 8.68. The van der Waals surface area contributed by atoms with Crippen molar-refractivity contribution in [2.24, 2.45) is 0 Å². The molecule has 0 aromatic carbocycles. The Balaban J connectivity index is 2.09. The minimum absolute atomic E-state index is 0.0384. The van der Waals surface area contributed by atoms with E-state index in [9.17, 15) is 14.9 Å². The topological polar surface area (TPSA) is 98.1 Å². The van der Waals surface area contributed by atoms with Gasteiger partial charge >= 0.3 is 5.97 Å². The summed E-state index contributed by atoms with van der Waals surface area (Å²) in [5.41, 5.74) is 6.50. The van der Waals surface area contributed by atoms with E-state index in [1.165, 1.54) is 27.2 Å². The first kappa shape index (κ1) is 19.5. The van der Waals surface area contributed by atoms with Gasteiger partial charge < -0.3 is 10.5 Å². The van der Waals surface area contributed by atoms with E-state index in [2.05, 4.69) is 0 Å². The molecule has 1 aliphatic rings. The smallest absolute Gasteiger partial charge is 0.346 e. The van der Waals surface area contributed by atoms with Gasteiger partial charge in [-0.05, 0) is 35.9 Å². The predicted octanol–water partition coefficient (Wildman–Crippen LogP) is 2.69. The van der Waals surface area contributed by atoms with Crippen molar-refractivity contribution in [3.63, 3.8) is 0 Å². The number of ether oxygens (including phenoxy) is 1. The van der Waals surface area contributed by atoms with Crippen LogP contribution in [0.1, 0.15) is 32.4 Å². The molecule has 2 N–H and O–H groups in total. The van der Waals surface area contributed by atoms with Gasteiger partial charge in [0.25, 0.3) is 5.91 Å². The molecule has 0 amide bonds. The van der Waals surface area contributed by atoms with Crippen LogP contribution in [-0.4, -0.2) is 23.1 Å². The zero-order valence-corrected chi connectivity index (χ0v) is 17.7. The highest BCUT2D eigenvalue weighted by atomic mass is 32.2. The summed E-state index contributed by atoms with van der Waals surface area (Å²) in [6, 6.07) is 9.52. The third-order valence-corrected chi connectivity index (χ3v) is 7.53. The van der Waals surface area contributed by atoms with Crippen LogP contribution in [-0.2, 0) is 9.53 Å². The fourth-order valence-corrected chi connectivity index (χ4v) is 5.90. The molecule has 0 saturated heterocycles. The summed E-state index contributed by atoms with van der Waals surface area (Å²) in [5.74, 6) is -0.829. The van der Waals surface area contributed by atoms with Crippen molar-refractivity contribution >= 4 is 63.0 Å². The van der Waals surface area contributed by atoms with E-state index < -0.39 is 11.2 Å². The molecule has 0 unspecified atom stereocenters. The lowest BCUT2D eigenvalue weighted by Crippen LogP contribution is -2.42. The first-order chi connectivity index (χ1) is 14.1. The van der Waals surface area contributed by atoms with Crippen molar-refractivity contribution in [3.8, 4) is 6.07 Å². The van der Waals surface area contributed by atoms with E-state index >= 15 is 0 Å². The van der Waals surface area contributed by atoms with Crippen LogP contribution in [0.2, 0.25) is 0 Å². The maximum atomic E-state index is 13.4. The van der Waals surface area contributed by atoms with Crippen molar-refractivity contribution in [3.05, 3.63) is 61.0 Å². The quantitative estimate of drug-likeness (QED) is 0.625. The minimum atomic E-state index is -0.643. The zero-order valence-electron chi connectivity index (χ0n) is 15.2. The number of thioether (sulfide) groups is 1. The molecule has 1 atom stereocenters. The molecule has 146 valence electrons. The average molecular weight is 442 g/mol. The largest absolute Gasteiger partial charge is 0.462 e. The van der Waals surface area contributed by atoms with Gasteiger partial charge in [0.05, 0.1) is 17.6 Å². The molecule has 4 rings (SSSR count). The number of nitrogens with two attached hydrogens (primary N) is 1. The van der Waals surface area contributed by atoms with E-state index in [0.717, 1.165) is 21.5 Å². The SMILES string of the molecule is CCOC(=O)C1=c2/c(=C/c3cccs3)c(N)c(C#N)n2C(=O)[C@H](c2cccs2)S1. The molecule has 0 saturated carbocycles. The number of esters is 1. The number of carbonyl (C=O) groups excluding carboxylic acids is 2. The third-order valence-electron chi connectivity index (χ3n) is 4.34. The Kier molecular flexibility index (Phi) is 5.32. The molecule has 4 heterocycles. The lowest BCUT2D eigenvalue weighted by molar-refractivity contribution is -0.135. The van der Waals surface area contributed by atoms with Crippen LogP contribution in [0.5, 0.6) is 0 Å². The van der Waals surface area contributed by atoms with E-state index in [0.29, 0.717) is 10.6 Å². The highest BCUT2D eigenvalue weighted by molar-refractivity contribution is 8.10. The number of hydrogen-bond donors (Lipinski definition) is 1. The lowest BCUT2D eigenvalue weighted by Gasteiger charge is -2.21. The number of anilines is 1. The molecule has 1 aliphatic heterocycles. The molecule has 3 aromatic heterocycles. The summed E-state index contributed by atoms with van der Waals surface area (Å²) in [4.78, 5) is 28.1. The minimum Gasteiger partial charge on any atom is -0.462 e. The first-order valence-corrected chi connectivity index (χ1v) is 11.3. The molecule has 0 radical (unpaired) electrons. The van der Waals surface area contributed by atoms with Crippen LogP contribution >= 0.6 is 34.4 Å². The second kappa shape index (κ2) is 7.91. The van der Waals surface area contributed by atoms with E-state index in [1.807, 2.05) is 41.1 Å². The van der Waals surface area contributed by atoms with Gasteiger partial charge in [0.15, 0.2) is 5.69 Å². The maximum absolute atomic E-state index is 13.4. The van der Waals surface area contributed by atoms with Crippen LogP contribution in [0.3, 0.4) is 0 Å². The Bertz CT molecular complexity index is 1250. The Morgan fingerprint density at radius 3 is 2.72 bits per heavy atom. The molecule has 0 bridgehead atoms. The summed E-state index contributed by atoms with van der Waals surface area (Å²) in [6.07, 6.45) is 1.80. The van der Waals surface area contributed by atoms with Gasteiger partial charge in [-0.25, -0.2) is 4.79 Å². The number of carbonyl (C=O) groups is 2. The normalized spacial score (nSPS) is 16.6. The van der Waals surface area contributed by atoms with Gasteiger partial charge in [-0.3, -0.25) is 9.36 Å². The number of hydrogen-bond acceptors (Lipinski definition) is 8. The summed E-state index contributed by atoms with van der Waals surface area (Å²) >= 11 is 4.06. The van der Waals surface area contributed by atoms with E-state index in [-0.39, 0.29) is 28.8 Å². The molecule has 0 fully saturated rings. The summed E-state index contributed by atoms with van der Waals surface area (Å²) in [6.45, 7) is 1.92. The Labute approximate surface area is 178 Å². The number of nitriles is 1. The molecular weight excluding hydrogens is 426 g/mol. The van der Waals surface area contributed by atoms with Gasteiger partial charge in [0.2, 0.25) is 0 Å². The number of nitrogen functional groups attached to an aromatic ring is 1. The number of rotatable bonds is 4. The van der Waals surface area contributed by atoms with Gasteiger partial charge in [-0.2, -0.15) is 5.26 Å². The molecule has 0 spiro atoms. The molecule has 3 aromatic rings. The third kappa shape index (κ3) is 3.29. The van der Waals surface area contributed by atoms with Crippen LogP contribution in [0.15, 0.2) is 35.0 Å². The molecule has 29 heavy (non-hydrogen) atoms. The van der Waals surface area contributed by atoms with Crippen LogP contribution in [0, 0.1) is 11.3 Å². The number of aromatic nitrogens is 1. The average Bonchev–Trinajstić information content (AvgIpc) is 3.45. The van der Waals surface area contributed by atoms with Crippen LogP contribution in [0.4, 0.5) is 5.69 Å². The molecule has 0 aliphatic carbocycles. The fourth-order valence-electron chi connectivity index (χ4n) is 3.13. The van der Waals surface area contributed by atoms with Crippen molar-refractivity contribution in [2.75, 3.05) is 12.3 Å². The number of thiophene rings is 2. The summed E-state index contributed by atoms with van der Waals surface area (Å²) < 4.78 is 6.54. The molecule has 9 heteroatoms. The second-order valence-electron chi connectivity index (χ2n) is 6.03. The van der Waals surface area contributed by atoms with Crippen LogP contribution < -0.4 is 16.3 Å². The summed E-state index contributed by atoms with van der Waals surface area (Å²) in [7, 11) is 0. The van der Waals surface area contributed by atoms with Gasteiger partial charge in [0, 0.05) is 15.0 Å². The Morgan fingerprint density at radius 1 is 1.34 bits per heavy atom. The van der Waals surface area contributed by atoms with Crippen molar-refractivity contribution in [1.29, 1.82) is 5.26 Å². The maximum Gasteiger partial charge on any atom is 0.346 e. The van der Waals surface area contributed by atoms with Gasteiger partial charge in [-0.15, -0.1) is 22.7 Å². The molecule has 6 nitrogen and oxygen atoms in total. The van der Waals surface area contributed by atoms with Gasteiger partial charge in [0.1, 0.15) is 16.2 Å². The zero-order chi connectivity index (χ0) is 20.5. The molecular formula is C20H15N3O3S3. The Hall–Kier alpha value is -2.80. The van der Waals surface area contributed by atoms with Crippen molar-refractivity contribution in [2.45, 2.75) is 12.2 Å². The highest BCUT2D eigenvalue weighted by Gasteiger charge is 2.37. The highest BCUT2D eigenvalue weighted by Crippen LogP contribution is 2.41. The number of fused-ring (bicyclic) bond motifs is 1. The van der Waals surface area contributed by atoms with Crippen molar-refractivity contribution in [1.82, 2.24) is 4.57 Å². The standard InChI is InChI=1S/C20H15N3O3S3/c1-2-26-20(25)18-16-12(9-11-5-3-7-27-11)15(22)13(10-21)23(16)19(24)17(29-18)14-6-4-8-28-14/h3-9,17H,2,22H2,1H3/b12-9+/t17-/m0/s1. The lowest BCUT2D eigenvalue weighted by atomic mass is 10.2. The number of nitrogens with zero attached hydrogens (tertiary/aromatic N) is 2. The Morgan fingerprint density at radius 2 is 2.10 bits per heavy atom. The van der Waals surface area contributed by atoms with Gasteiger partial charge in [-0.1, -0.05) is 23.9 Å². The predicted molar refractivity (Wildman–Crippen MR) is 116 cm³/mol. The summed E-state index contributed by atoms with van der Waals surface area (Å²) in [5, 5.41) is 13.7. The van der Waals surface area contributed by atoms with Crippen LogP contribution in [0.25, 0.3) is 11.0 Å². The second-order valence-corrected chi connectivity index (χ2v) is 9.11. The van der Waals surface area contributed by atoms with E-state index in [1.54, 1.807) is 13.0 Å². The fraction of sp³-hybridized carbons (Fsp3) is 0.150. The van der Waals surface area contributed by atoms with E-state index in [4.69, 9.17) is 10.5 Å².